The molecule has 0 aromatic heterocycles. The van der Waals surface area contributed by atoms with E-state index in [2.05, 4.69) is 0 Å². The Balaban J connectivity index is 2.58. The van der Waals surface area contributed by atoms with Crippen molar-refractivity contribution >= 4 is 26.9 Å². The molecule has 2 rings (SSSR count). The first-order chi connectivity index (χ1) is 7.88. The maximum absolute atomic E-state index is 11.7. The number of carbonyl (C=O) groups is 1. The quantitative estimate of drug-likeness (QED) is 0.859. The molecule has 17 heavy (non-hydrogen) atoms. The first kappa shape index (κ1) is 11.7. The number of rotatable bonds is 2. The van der Waals surface area contributed by atoms with Crippen LogP contribution in [0.2, 0.25) is 0 Å². The smallest absolute Gasteiger partial charge is 0.211 e. The van der Waals surface area contributed by atoms with Crippen molar-refractivity contribution in [3.8, 4) is 0 Å². The number of sulfone groups is 1. The summed E-state index contributed by atoms with van der Waals surface area (Å²) in [4.78, 5) is 11.7. The molecule has 1 aliphatic rings. The highest BCUT2D eigenvalue weighted by Crippen LogP contribution is 2.25. The minimum Gasteiger partial charge on any atom is -0.297 e. The van der Waals surface area contributed by atoms with E-state index in [1.807, 2.05) is 0 Å². The van der Waals surface area contributed by atoms with Gasteiger partial charge in [-0.3, -0.25) is 10.2 Å². The van der Waals surface area contributed by atoms with E-state index in [-0.39, 0.29) is 17.2 Å². The molecule has 0 bridgehead atoms. The molecule has 0 amide bonds. The molecule has 1 N–H and O–H groups in total. The third-order valence-electron chi connectivity index (χ3n) is 2.50. The van der Waals surface area contributed by atoms with Crippen LogP contribution in [0.4, 0.5) is 0 Å². The van der Waals surface area contributed by atoms with Crippen molar-refractivity contribution in [3.05, 3.63) is 41.5 Å². The van der Waals surface area contributed by atoms with E-state index in [1.54, 1.807) is 24.3 Å². The maximum atomic E-state index is 11.7. The fraction of sp³-hybridized carbons (Fsp3) is 0.167. The zero-order valence-corrected chi connectivity index (χ0v) is 10.0. The standard InChI is InChI=1S/C12H11NO3S/c1-17(15,16)7-8-6-11(13)12(14)10-5-3-2-4-9(8)10/h2-6,13H,7H2,1H3. The van der Waals surface area contributed by atoms with E-state index in [4.69, 9.17) is 5.41 Å². The van der Waals surface area contributed by atoms with Gasteiger partial charge in [-0.15, -0.1) is 0 Å². The molecule has 0 fully saturated rings. The SMILES string of the molecule is CS(=O)(=O)CC1=CC(=N)C(=O)c2ccccc21. The summed E-state index contributed by atoms with van der Waals surface area (Å²) in [5.41, 5.74) is 1.35. The van der Waals surface area contributed by atoms with Gasteiger partial charge in [-0.25, -0.2) is 8.42 Å². The Morgan fingerprint density at radius 3 is 2.35 bits per heavy atom. The predicted octanol–water partition coefficient (Wildman–Crippen LogP) is 1.33. The molecule has 1 aromatic rings. The number of allylic oxidation sites excluding steroid dienone is 1. The summed E-state index contributed by atoms with van der Waals surface area (Å²) in [5, 5.41) is 7.54. The summed E-state index contributed by atoms with van der Waals surface area (Å²) in [6.45, 7) is 0. The van der Waals surface area contributed by atoms with Gasteiger partial charge in [-0.05, 0) is 17.2 Å². The number of ketones is 1. The van der Waals surface area contributed by atoms with Gasteiger partial charge in [0.15, 0.2) is 9.84 Å². The van der Waals surface area contributed by atoms with Crippen molar-refractivity contribution in [3.63, 3.8) is 0 Å². The van der Waals surface area contributed by atoms with Gasteiger partial charge in [0.1, 0.15) is 5.71 Å². The first-order valence-electron chi connectivity index (χ1n) is 4.99. The number of benzene rings is 1. The molecular weight excluding hydrogens is 238 g/mol. The Morgan fingerprint density at radius 2 is 1.76 bits per heavy atom. The summed E-state index contributed by atoms with van der Waals surface area (Å²) in [6.07, 6.45) is 2.47. The maximum Gasteiger partial charge on any atom is 0.211 e. The Morgan fingerprint density at radius 1 is 1.18 bits per heavy atom. The number of nitrogens with one attached hydrogen (secondary N) is 1. The first-order valence-corrected chi connectivity index (χ1v) is 7.05. The normalized spacial score (nSPS) is 15.5. The molecular formula is C12H11NO3S. The van der Waals surface area contributed by atoms with Crippen LogP contribution in [0.5, 0.6) is 0 Å². The van der Waals surface area contributed by atoms with Crippen molar-refractivity contribution in [2.24, 2.45) is 0 Å². The number of hydrogen-bond acceptors (Lipinski definition) is 4. The lowest BCUT2D eigenvalue weighted by Gasteiger charge is -2.16. The Kier molecular flexibility index (Phi) is 2.71. The van der Waals surface area contributed by atoms with E-state index < -0.39 is 9.84 Å². The molecule has 0 spiro atoms. The molecule has 0 aliphatic heterocycles. The molecule has 0 saturated carbocycles. The third-order valence-corrected chi connectivity index (χ3v) is 3.33. The number of carbonyl (C=O) groups excluding carboxylic acids is 1. The minimum absolute atomic E-state index is 0.153. The van der Waals surface area contributed by atoms with Crippen LogP contribution in [0.3, 0.4) is 0 Å². The monoisotopic (exact) mass is 249 g/mol. The van der Waals surface area contributed by atoms with Gasteiger partial charge in [0.2, 0.25) is 5.78 Å². The highest BCUT2D eigenvalue weighted by molar-refractivity contribution is 7.91. The van der Waals surface area contributed by atoms with Crippen molar-refractivity contribution in [2.45, 2.75) is 0 Å². The van der Waals surface area contributed by atoms with Crippen molar-refractivity contribution in [2.75, 3.05) is 12.0 Å². The molecule has 1 aromatic carbocycles. The van der Waals surface area contributed by atoms with Crippen LogP contribution in [-0.2, 0) is 9.84 Å². The van der Waals surface area contributed by atoms with Crippen LogP contribution >= 0.6 is 0 Å². The molecule has 0 heterocycles. The van der Waals surface area contributed by atoms with E-state index in [1.165, 1.54) is 6.08 Å². The second kappa shape index (κ2) is 3.92. The molecule has 0 saturated heterocycles. The van der Waals surface area contributed by atoms with Crippen molar-refractivity contribution in [1.82, 2.24) is 0 Å². The van der Waals surface area contributed by atoms with Crippen LogP contribution in [0.25, 0.3) is 5.57 Å². The van der Waals surface area contributed by atoms with Gasteiger partial charge in [-0.2, -0.15) is 0 Å². The molecule has 4 nitrogen and oxygen atoms in total. The van der Waals surface area contributed by atoms with Gasteiger partial charge < -0.3 is 0 Å². The second-order valence-corrected chi connectivity index (χ2v) is 6.17. The van der Waals surface area contributed by atoms with Gasteiger partial charge in [0.25, 0.3) is 0 Å². The highest BCUT2D eigenvalue weighted by atomic mass is 32.2. The molecule has 0 atom stereocenters. The fourth-order valence-corrected chi connectivity index (χ4v) is 2.63. The Bertz CT molecular complexity index is 641. The summed E-state index contributed by atoms with van der Waals surface area (Å²) in [6, 6.07) is 6.77. The lowest BCUT2D eigenvalue weighted by atomic mass is 9.90. The molecule has 88 valence electrons. The van der Waals surface area contributed by atoms with Crippen molar-refractivity contribution in [1.29, 1.82) is 5.41 Å². The van der Waals surface area contributed by atoms with E-state index in [0.29, 0.717) is 16.7 Å². The third kappa shape index (κ3) is 2.34. The van der Waals surface area contributed by atoms with E-state index >= 15 is 0 Å². The topological polar surface area (TPSA) is 75.1 Å². The van der Waals surface area contributed by atoms with Gasteiger partial charge in [0.05, 0.1) is 5.75 Å². The predicted molar refractivity (Wildman–Crippen MR) is 66.2 cm³/mol. The zero-order chi connectivity index (χ0) is 12.6. The van der Waals surface area contributed by atoms with Gasteiger partial charge >= 0.3 is 0 Å². The average molecular weight is 249 g/mol. The Labute approximate surface area is 99.4 Å². The van der Waals surface area contributed by atoms with Crippen LogP contribution in [0.1, 0.15) is 15.9 Å². The second-order valence-electron chi connectivity index (χ2n) is 4.03. The average Bonchev–Trinajstić information content (AvgIpc) is 2.24. The van der Waals surface area contributed by atoms with E-state index in [0.717, 1.165) is 6.26 Å². The largest absolute Gasteiger partial charge is 0.297 e. The van der Waals surface area contributed by atoms with Gasteiger partial charge in [-0.1, -0.05) is 24.3 Å². The number of Topliss-reactive ketones (excluding diaryl/α,β-unsaturated/α-hetero) is 1. The fourth-order valence-electron chi connectivity index (χ4n) is 1.83. The molecule has 0 unspecified atom stereocenters. The zero-order valence-electron chi connectivity index (χ0n) is 9.23. The van der Waals surface area contributed by atoms with Crippen LogP contribution < -0.4 is 0 Å². The summed E-state index contributed by atoms with van der Waals surface area (Å²) in [5.74, 6) is -0.516. The lowest BCUT2D eigenvalue weighted by molar-refractivity contribution is 0.106. The summed E-state index contributed by atoms with van der Waals surface area (Å²) < 4.78 is 22.6. The van der Waals surface area contributed by atoms with E-state index in [9.17, 15) is 13.2 Å². The van der Waals surface area contributed by atoms with Crippen LogP contribution in [0.15, 0.2) is 30.3 Å². The van der Waals surface area contributed by atoms with Crippen LogP contribution in [-0.4, -0.2) is 31.9 Å². The van der Waals surface area contributed by atoms with Crippen LogP contribution in [0, 0.1) is 5.41 Å². The highest BCUT2D eigenvalue weighted by Gasteiger charge is 2.24. The summed E-state index contributed by atoms with van der Waals surface area (Å²) in [7, 11) is -3.18. The molecule has 1 aliphatic carbocycles. The van der Waals surface area contributed by atoms with Crippen molar-refractivity contribution < 1.29 is 13.2 Å². The Hall–Kier alpha value is -1.75. The summed E-state index contributed by atoms with van der Waals surface area (Å²) >= 11 is 0. The molecule has 0 radical (unpaired) electrons. The number of fused-ring (bicyclic) bond motifs is 1. The number of hydrogen-bond donors (Lipinski definition) is 1. The molecule has 5 heteroatoms. The van der Waals surface area contributed by atoms with Gasteiger partial charge in [0, 0.05) is 11.8 Å². The minimum atomic E-state index is -3.18. The lowest BCUT2D eigenvalue weighted by Crippen LogP contribution is -2.20.